The van der Waals surface area contributed by atoms with E-state index in [4.69, 9.17) is 0 Å². The number of unbranched alkanes of at least 4 members (excludes halogenated alkanes) is 10. The van der Waals surface area contributed by atoms with Gasteiger partial charge >= 0.3 is 0 Å². The summed E-state index contributed by atoms with van der Waals surface area (Å²) >= 11 is 6.67. The molecule has 0 bridgehead atoms. The van der Waals surface area contributed by atoms with Crippen LogP contribution in [0.1, 0.15) is 101 Å². The van der Waals surface area contributed by atoms with Gasteiger partial charge in [0.15, 0.2) is 0 Å². The maximum atomic E-state index is 15.1. The first kappa shape index (κ1) is 29.9. The van der Waals surface area contributed by atoms with Gasteiger partial charge in [0.25, 0.3) is 0 Å². The highest BCUT2D eigenvalue weighted by Crippen LogP contribution is 2.50. The summed E-state index contributed by atoms with van der Waals surface area (Å²) in [5.74, 6) is -0.129. The molecule has 4 aromatic heterocycles. The molecule has 0 saturated heterocycles. The Hall–Kier alpha value is -1.60. The summed E-state index contributed by atoms with van der Waals surface area (Å²) in [6, 6.07) is 7.85. The molecule has 0 nitrogen and oxygen atoms in total. The molecule has 0 N–H and O–H groups in total. The molecule has 40 heavy (non-hydrogen) atoms. The van der Waals surface area contributed by atoms with Crippen LogP contribution in [0.2, 0.25) is 0 Å². The zero-order valence-electron chi connectivity index (χ0n) is 23.8. The van der Waals surface area contributed by atoms with Crippen LogP contribution in [-0.2, 0) is 12.8 Å². The molecule has 4 heterocycles. The molecule has 0 spiro atoms. The van der Waals surface area contributed by atoms with Crippen molar-refractivity contribution < 1.29 is 8.78 Å². The number of rotatable bonds is 16. The van der Waals surface area contributed by atoms with E-state index in [1.807, 2.05) is 0 Å². The van der Waals surface area contributed by atoms with Crippen molar-refractivity contribution in [3.63, 3.8) is 0 Å². The van der Waals surface area contributed by atoms with Crippen molar-refractivity contribution >= 4 is 65.5 Å². The predicted octanol–water partition coefficient (Wildman–Crippen LogP) is 13.7. The first-order valence-electron chi connectivity index (χ1n) is 15.1. The first-order chi connectivity index (χ1) is 19.6. The minimum Gasteiger partial charge on any atom is -0.206 e. The monoisotopic (exact) mass is 614 g/mol. The Morgan fingerprint density at radius 2 is 0.950 bits per heavy atom. The molecule has 0 saturated carbocycles. The molecule has 214 valence electrons. The fraction of sp³-hybridized carbons (Fsp3) is 0.471. The molecule has 0 aliphatic rings. The van der Waals surface area contributed by atoms with E-state index in [9.17, 15) is 0 Å². The summed E-state index contributed by atoms with van der Waals surface area (Å²) < 4.78 is 32.6. The number of thiophene rings is 4. The molecule has 0 aliphatic heterocycles. The van der Waals surface area contributed by atoms with E-state index in [0.29, 0.717) is 0 Å². The maximum Gasteiger partial charge on any atom is 0.137 e. The van der Waals surface area contributed by atoms with E-state index in [1.165, 1.54) is 73.6 Å². The highest BCUT2D eigenvalue weighted by molar-refractivity contribution is 7.22. The van der Waals surface area contributed by atoms with Crippen molar-refractivity contribution in [2.45, 2.75) is 104 Å². The van der Waals surface area contributed by atoms with E-state index >= 15 is 8.78 Å². The number of halogens is 2. The highest BCUT2D eigenvalue weighted by Gasteiger charge is 2.23. The lowest BCUT2D eigenvalue weighted by atomic mass is 10.0. The molecule has 0 aliphatic carbocycles. The van der Waals surface area contributed by atoms with Crippen molar-refractivity contribution in [2.24, 2.45) is 0 Å². The SMILES string of the molecule is CCCCCCCCc1sc(-c2c3ccsc3c(-c3cc(F)c(CCCCCCCC)s3)c3ccsc23)cc1F. The van der Waals surface area contributed by atoms with Gasteiger partial charge in [-0.25, -0.2) is 8.78 Å². The fourth-order valence-corrected chi connectivity index (χ4v) is 10.0. The van der Waals surface area contributed by atoms with Gasteiger partial charge in [-0.15, -0.1) is 45.3 Å². The average molecular weight is 615 g/mol. The van der Waals surface area contributed by atoms with Crippen LogP contribution in [0, 0.1) is 11.6 Å². The second kappa shape index (κ2) is 14.5. The van der Waals surface area contributed by atoms with E-state index in [1.54, 1.807) is 57.5 Å². The zero-order chi connectivity index (χ0) is 27.9. The standard InChI is InChI=1S/C34H40F2S4/c1-3-5-7-9-11-13-15-27-25(35)21-29(39-27)31-23-17-19-38-34(23)32(24-18-20-37-33(24)31)30-22-26(36)28(40-30)16-14-12-10-8-6-4-2/h17-22H,3-16H2,1-2H3. The molecule has 0 amide bonds. The molecule has 5 rings (SSSR count). The largest absolute Gasteiger partial charge is 0.206 e. The van der Waals surface area contributed by atoms with Crippen molar-refractivity contribution in [1.29, 1.82) is 0 Å². The van der Waals surface area contributed by atoms with Gasteiger partial charge in [0.05, 0.1) is 0 Å². The normalized spacial score (nSPS) is 11.9. The highest BCUT2D eigenvalue weighted by atomic mass is 32.1. The van der Waals surface area contributed by atoms with Gasteiger partial charge < -0.3 is 0 Å². The Bertz CT molecular complexity index is 1350. The van der Waals surface area contributed by atoms with E-state index in [2.05, 4.69) is 36.7 Å². The van der Waals surface area contributed by atoms with Crippen molar-refractivity contribution in [3.05, 3.63) is 56.4 Å². The molecule has 0 radical (unpaired) electrons. The molecule has 1 aromatic carbocycles. The summed E-state index contributed by atoms with van der Waals surface area (Å²) in [6.07, 6.45) is 16.2. The van der Waals surface area contributed by atoms with E-state index in [0.717, 1.165) is 67.1 Å². The third-order valence-corrected chi connectivity index (χ3v) is 12.1. The predicted molar refractivity (Wildman–Crippen MR) is 178 cm³/mol. The number of hydrogen-bond donors (Lipinski definition) is 0. The molecule has 0 unspecified atom stereocenters. The van der Waals surface area contributed by atoms with Crippen LogP contribution in [-0.4, -0.2) is 0 Å². The number of fused-ring (bicyclic) bond motifs is 2. The Labute approximate surface area is 254 Å². The lowest BCUT2D eigenvalue weighted by Crippen LogP contribution is -1.85. The second-order valence-corrected chi connectivity index (χ2v) is 15.0. The second-order valence-electron chi connectivity index (χ2n) is 10.9. The van der Waals surface area contributed by atoms with Crippen LogP contribution < -0.4 is 0 Å². The smallest absolute Gasteiger partial charge is 0.137 e. The quantitative estimate of drug-likeness (QED) is 0.0970. The molecule has 6 heteroatoms. The number of aryl methyl sites for hydroxylation is 2. The van der Waals surface area contributed by atoms with Gasteiger partial charge in [0.2, 0.25) is 0 Å². The third kappa shape index (κ3) is 6.72. The summed E-state index contributed by atoms with van der Waals surface area (Å²) in [4.78, 5) is 3.79. The van der Waals surface area contributed by atoms with Gasteiger partial charge in [-0.2, -0.15) is 0 Å². The van der Waals surface area contributed by atoms with Gasteiger partial charge in [0.1, 0.15) is 11.6 Å². The Balaban J connectivity index is 1.42. The molecule has 0 fully saturated rings. The minimum atomic E-state index is -0.0645. The Kier molecular flexibility index (Phi) is 10.9. The van der Waals surface area contributed by atoms with Gasteiger partial charge in [-0.3, -0.25) is 0 Å². The number of hydrogen-bond acceptors (Lipinski definition) is 4. The van der Waals surface area contributed by atoms with Crippen LogP contribution in [0.25, 0.3) is 41.1 Å². The van der Waals surface area contributed by atoms with E-state index < -0.39 is 0 Å². The van der Waals surface area contributed by atoms with Crippen molar-refractivity contribution in [1.82, 2.24) is 0 Å². The van der Waals surface area contributed by atoms with Crippen LogP contribution >= 0.6 is 45.3 Å². The van der Waals surface area contributed by atoms with Gasteiger partial charge in [0, 0.05) is 50.8 Å². The topological polar surface area (TPSA) is 0 Å². The summed E-state index contributed by atoms with van der Waals surface area (Å²) in [6.45, 7) is 4.47. The molecular formula is C34H40F2S4. The van der Waals surface area contributed by atoms with Crippen LogP contribution in [0.3, 0.4) is 0 Å². The average Bonchev–Trinajstić information content (AvgIpc) is 3.75. The summed E-state index contributed by atoms with van der Waals surface area (Å²) in [5, 5.41) is 6.58. The summed E-state index contributed by atoms with van der Waals surface area (Å²) in [7, 11) is 0. The van der Waals surface area contributed by atoms with Gasteiger partial charge in [-0.1, -0.05) is 78.1 Å². The summed E-state index contributed by atoms with van der Waals surface area (Å²) in [5.41, 5.74) is 2.29. The van der Waals surface area contributed by atoms with Gasteiger partial charge in [-0.05, 0) is 60.7 Å². The molecule has 0 atom stereocenters. The first-order valence-corrected chi connectivity index (χ1v) is 18.5. The van der Waals surface area contributed by atoms with Crippen LogP contribution in [0.15, 0.2) is 35.0 Å². The Morgan fingerprint density at radius 3 is 1.38 bits per heavy atom. The zero-order valence-corrected chi connectivity index (χ0v) is 27.0. The molecule has 5 aromatic rings. The van der Waals surface area contributed by atoms with Crippen LogP contribution in [0.5, 0.6) is 0 Å². The number of benzene rings is 1. The van der Waals surface area contributed by atoms with Crippen molar-refractivity contribution in [3.8, 4) is 20.9 Å². The van der Waals surface area contributed by atoms with E-state index in [-0.39, 0.29) is 11.6 Å². The van der Waals surface area contributed by atoms with Crippen molar-refractivity contribution in [2.75, 3.05) is 0 Å². The minimum absolute atomic E-state index is 0.0645. The Morgan fingerprint density at radius 1 is 0.550 bits per heavy atom. The third-order valence-electron chi connectivity index (χ3n) is 7.85. The van der Waals surface area contributed by atoms with Crippen LogP contribution in [0.4, 0.5) is 8.78 Å². The maximum absolute atomic E-state index is 15.1. The fourth-order valence-electron chi connectivity index (χ4n) is 5.67. The molecular weight excluding hydrogens is 575 g/mol. The lowest BCUT2D eigenvalue weighted by molar-refractivity contribution is 0.587. The lowest BCUT2D eigenvalue weighted by Gasteiger charge is -2.09.